The molecule has 0 bridgehead atoms. The molecule has 0 amide bonds. The second kappa shape index (κ2) is 7.78. The maximum Gasteiger partial charge on any atom is 0.0595 e. The number of nitrogens with one attached hydrogen (secondary N) is 1. The first kappa shape index (κ1) is 15.5. The third-order valence-corrected chi connectivity index (χ3v) is 5.49. The van der Waals surface area contributed by atoms with E-state index in [-0.39, 0.29) is 0 Å². The van der Waals surface area contributed by atoms with E-state index >= 15 is 0 Å². The van der Waals surface area contributed by atoms with Crippen molar-refractivity contribution in [3.8, 4) is 0 Å². The number of rotatable bonds is 5. The summed E-state index contributed by atoms with van der Waals surface area (Å²) in [5.74, 6) is 3.45. The fourth-order valence-corrected chi connectivity index (χ4v) is 4.14. The molecule has 1 heterocycles. The van der Waals surface area contributed by atoms with E-state index in [0.29, 0.717) is 16.1 Å². The lowest BCUT2D eigenvalue weighted by molar-refractivity contribution is 0.374. The summed E-state index contributed by atoms with van der Waals surface area (Å²) in [5.41, 5.74) is 1.26. The minimum atomic E-state index is 0.396. The molecule has 19 heavy (non-hydrogen) atoms. The summed E-state index contributed by atoms with van der Waals surface area (Å²) >= 11 is 14.2. The summed E-state index contributed by atoms with van der Waals surface area (Å²) < 4.78 is 0. The van der Waals surface area contributed by atoms with Gasteiger partial charge in [-0.05, 0) is 60.9 Å². The monoisotopic (exact) mass is 317 g/mol. The number of benzene rings is 1. The molecule has 106 valence electrons. The van der Waals surface area contributed by atoms with Crippen LogP contribution < -0.4 is 5.32 Å². The van der Waals surface area contributed by atoms with Gasteiger partial charge in [0.25, 0.3) is 0 Å². The summed E-state index contributed by atoms with van der Waals surface area (Å²) in [6, 6.07) is 6.40. The fraction of sp³-hybridized carbons (Fsp3) is 0.600. The Morgan fingerprint density at radius 2 is 2.00 bits per heavy atom. The smallest absolute Gasteiger partial charge is 0.0595 e. The van der Waals surface area contributed by atoms with Crippen molar-refractivity contribution in [3.63, 3.8) is 0 Å². The van der Waals surface area contributed by atoms with Gasteiger partial charge in [0.15, 0.2) is 0 Å². The molecule has 1 saturated heterocycles. The van der Waals surface area contributed by atoms with Gasteiger partial charge in [0, 0.05) is 6.04 Å². The van der Waals surface area contributed by atoms with Gasteiger partial charge in [-0.1, -0.05) is 36.2 Å². The SMILES string of the molecule is CCNC(CC1CCSCC1)c1ccc(Cl)c(Cl)c1. The lowest BCUT2D eigenvalue weighted by Gasteiger charge is -2.27. The molecule has 1 fully saturated rings. The molecule has 1 aromatic carbocycles. The lowest BCUT2D eigenvalue weighted by atomic mass is 9.90. The number of halogens is 2. The van der Waals surface area contributed by atoms with Crippen molar-refractivity contribution in [2.45, 2.75) is 32.2 Å². The first-order valence-corrected chi connectivity index (χ1v) is 8.87. The fourth-order valence-electron chi connectivity index (χ4n) is 2.63. The van der Waals surface area contributed by atoms with E-state index in [1.807, 2.05) is 12.1 Å². The molecular formula is C15H21Cl2NS. The van der Waals surface area contributed by atoms with Gasteiger partial charge in [-0.25, -0.2) is 0 Å². The molecule has 0 saturated carbocycles. The Morgan fingerprint density at radius 3 is 2.63 bits per heavy atom. The Balaban J connectivity index is 2.07. The molecule has 1 aliphatic rings. The molecule has 2 rings (SSSR count). The van der Waals surface area contributed by atoms with Gasteiger partial charge in [0.2, 0.25) is 0 Å². The highest BCUT2D eigenvalue weighted by molar-refractivity contribution is 7.99. The Morgan fingerprint density at radius 1 is 1.26 bits per heavy atom. The van der Waals surface area contributed by atoms with Gasteiger partial charge in [-0.15, -0.1) is 0 Å². The van der Waals surface area contributed by atoms with Gasteiger partial charge in [0.05, 0.1) is 10.0 Å². The van der Waals surface area contributed by atoms with Crippen molar-refractivity contribution in [2.75, 3.05) is 18.1 Å². The van der Waals surface area contributed by atoms with Crippen molar-refractivity contribution in [3.05, 3.63) is 33.8 Å². The van der Waals surface area contributed by atoms with Crippen molar-refractivity contribution in [1.82, 2.24) is 5.32 Å². The van der Waals surface area contributed by atoms with E-state index < -0.39 is 0 Å². The average molecular weight is 318 g/mol. The van der Waals surface area contributed by atoms with Crippen molar-refractivity contribution < 1.29 is 0 Å². The predicted molar refractivity (Wildman–Crippen MR) is 87.5 cm³/mol. The molecule has 1 N–H and O–H groups in total. The van der Waals surface area contributed by atoms with E-state index in [0.717, 1.165) is 12.5 Å². The first-order chi connectivity index (χ1) is 9.20. The zero-order chi connectivity index (χ0) is 13.7. The van der Waals surface area contributed by atoms with Crippen LogP contribution in [-0.2, 0) is 0 Å². The van der Waals surface area contributed by atoms with Crippen LogP contribution in [0.15, 0.2) is 18.2 Å². The third-order valence-electron chi connectivity index (χ3n) is 3.71. The summed E-state index contributed by atoms with van der Waals surface area (Å²) in [7, 11) is 0. The highest BCUT2D eigenvalue weighted by atomic mass is 35.5. The van der Waals surface area contributed by atoms with Gasteiger partial charge in [0.1, 0.15) is 0 Å². The average Bonchev–Trinajstić information content (AvgIpc) is 2.43. The molecule has 1 aromatic rings. The van der Waals surface area contributed by atoms with E-state index in [9.17, 15) is 0 Å². The van der Waals surface area contributed by atoms with Crippen LogP contribution in [0.1, 0.15) is 37.8 Å². The van der Waals surface area contributed by atoms with Gasteiger partial charge in [-0.3, -0.25) is 0 Å². The maximum atomic E-state index is 6.14. The molecule has 1 aliphatic heterocycles. The van der Waals surface area contributed by atoms with Crippen LogP contribution in [0.5, 0.6) is 0 Å². The zero-order valence-corrected chi connectivity index (χ0v) is 13.6. The third kappa shape index (κ3) is 4.56. The second-order valence-corrected chi connectivity index (χ2v) is 7.11. The van der Waals surface area contributed by atoms with E-state index in [1.165, 1.54) is 36.3 Å². The highest BCUT2D eigenvalue weighted by Gasteiger charge is 2.20. The van der Waals surface area contributed by atoms with Crippen molar-refractivity contribution in [1.29, 1.82) is 0 Å². The molecule has 0 aliphatic carbocycles. The summed E-state index contributed by atoms with van der Waals surface area (Å²) in [5, 5.41) is 4.87. The van der Waals surface area contributed by atoms with Crippen LogP contribution in [-0.4, -0.2) is 18.1 Å². The predicted octanol–water partition coefficient (Wildman–Crippen LogP) is 5.18. The number of thioether (sulfide) groups is 1. The molecule has 1 atom stereocenters. The normalized spacial score (nSPS) is 18.5. The van der Waals surface area contributed by atoms with Gasteiger partial charge < -0.3 is 5.32 Å². The zero-order valence-electron chi connectivity index (χ0n) is 11.3. The molecule has 4 heteroatoms. The van der Waals surface area contributed by atoms with Gasteiger partial charge >= 0.3 is 0 Å². The molecule has 0 spiro atoms. The Labute approximate surface area is 130 Å². The van der Waals surface area contributed by atoms with Crippen LogP contribution in [0.3, 0.4) is 0 Å². The molecular weight excluding hydrogens is 297 g/mol. The molecule has 1 nitrogen and oxygen atoms in total. The quantitative estimate of drug-likeness (QED) is 0.803. The standard InChI is InChI=1S/C15H21Cl2NS/c1-2-18-15(9-11-5-7-19-8-6-11)12-3-4-13(16)14(17)10-12/h3-4,10-11,15,18H,2,5-9H2,1H3. The van der Waals surface area contributed by atoms with Crippen LogP contribution in [0, 0.1) is 5.92 Å². The second-order valence-electron chi connectivity index (χ2n) is 5.08. The van der Waals surface area contributed by atoms with E-state index in [1.54, 1.807) is 0 Å². The highest BCUT2D eigenvalue weighted by Crippen LogP contribution is 2.33. The topological polar surface area (TPSA) is 12.0 Å². The maximum absolute atomic E-state index is 6.14. The number of hydrogen-bond acceptors (Lipinski definition) is 2. The minimum Gasteiger partial charge on any atom is -0.310 e. The van der Waals surface area contributed by atoms with Crippen molar-refractivity contribution >= 4 is 35.0 Å². The summed E-state index contributed by atoms with van der Waals surface area (Å²) in [6.45, 7) is 3.13. The van der Waals surface area contributed by atoms with Crippen LogP contribution in [0.4, 0.5) is 0 Å². The molecule has 1 unspecified atom stereocenters. The van der Waals surface area contributed by atoms with Crippen LogP contribution in [0.25, 0.3) is 0 Å². The van der Waals surface area contributed by atoms with Gasteiger partial charge in [-0.2, -0.15) is 11.8 Å². The molecule has 0 radical (unpaired) electrons. The largest absolute Gasteiger partial charge is 0.310 e. The van der Waals surface area contributed by atoms with E-state index in [2.05, 4.69) is 30.1 Å². The summed E-state index contributed by atoms with van der Waals surface area (Å²) in [6.07, 6.45) is 3.88. The Kier molecular flexibility index (Phi) is 6.34. The Hall–Kier alpha value is 0.110. The summed E-state index contributed by atoms with van der Waals surface area (Å²) in [4.78, 5) is 0. The first-order valence-electron chi connectivity index (χ1n) is 6.96. The van der Waals surface area contributed by atoms with E-state index in [4.69, 9.17) is 23.2 Å². The van der Waals surface area contributed by atoms with Crippen LogP contribution in [0.2, 0.25) is 10.0 Å². The molecule has 0 aromatic heterocycles. The Bertz CT molecular complexity index is 405. The lowest BCUT2D eigenvalue weighted by Crippen LogP contribution is -2.25. The van der Waals surface area contributed by atoms with Crippen molar-refractivity contribution in [2.24, 2.45) is 5.92 Å². The van der Waals surface area contributed by atoms with Crippen LogP contribution >= 0.6 is 35.0 Å². The minimum absolute atomic E-state index is 0.396. The number of hydrogen-bond donors (Lipinski definition) is 1.